The second kappa shape index (κ2) is 4.94. The molecule has 1 aliphatic rings. The maximum Gasteiger partial charge on any atom is 0.269 e. The van der Waals surface area contributed by atoms with Gasteiger partial charge >= 0.3 is 0 Å². The van der Waals surface area contributed by atoms with Gasteiger partial charge in [-0.15, -0.1) is 0 Å². The maximum atomic E-state index is 10.6. The molecule has 5 heteroatoms. The van der Waals surface area contributed by atoms with Crippen molar-refractivity contribution in [3.8, 4) is 0 Å². The number of anilines is 1. The van der Waals surface area contributed by atoms with Gasteiger partial charge in [0.2, 0.25) is 0 Å². The van der Waals surface area contributed by atoms with Crippen molar-refractivity contribution in [1.82, 2.24) is 4.90 Å². The summed E-state index contributed by atoms with van der Waals surface area (Å²) in [7, 11) is 2.14. The number of nitrogens with zero attached hydrogens (tertiary/aromatic N) is 3. The molecule has 0 radical (unpaired) electrons. The van der Waals surface area contributed by atoms with Gasteiger partial charge in [0.15, 0.2) is 0 Å². The van der Waals surface area contributed by atoms with Gasteiger partial charge in [-0.25, -0.2) is 0 Å². The van der Waals surface area contributed by atoms with Gasteiger partial charge in [0, 0.05) is 43.0 Å². The van der Waals surface area contributed by atoms with Gasteiger partial charge in [-0.3, -0.25) is 15.0 Å². The lowest BCUT2D eigenvalue weighted by molar-refractivity contribution is -0.384. The number of hydrogen-bond acceptors (Lipinski definition) is 4. The quantitative estimate of drug-likeness (QED) is 0.595. The van der Waals surface area contributed by atoms with E-state index < -0.39 is 0 Å². The fourth-order valence-corrected chi connectivity index (χ4v) is 2.40. The van der Waals surface area contributed by atoms with Crippen molar-refractivity contribution >= 4 is 11.4 Å². The monoisotopic (exact) mass is 249 g/mol. The van der Waals surface area contributed by atoms with Crippen LogP contribution in [-0.4, -0.2) is 42.0 Å². The van der Waals surface area contributed by atoms with E-state index in [4.69, 9.17) is 0 Å². The molecule has 0 amide bonds. The normalized spacial score (nSPS) is 25.2. The van der Waals surface area contributed by atoms with E-state index in [9.17, 15) is 10.1 Å². The van der Waals surface area contributed by atoms with Gasteiger partial charge in [0.25, 0.3) is 5.69 Å². The third-order valence-corrected chi connectivity index (χ3v) is 3.79. The van der Waals surface area contributed by atoms with Gasteiger partial charge in [0.05, 0.1) is 4.92 Å². The standard InChI is InChI=1S/C13H19N3O2/c1-10-8-15(9-11(2)14(10)3)12-4-6-13(7-5-12)16(17)18/h4-7,10-11H,8-9H2,1-3H3/t10-,11-/m0/s1. The zero-order chi connectivity index (χ0) is 13.3. The van der Waals surface area contributed by atoms with Crippen molar-refractivity contribution in [1.29, 1.82) is 0 Å². The van der Waals surface area contributed by atoms with E-state index in [1.165, 1.54) is 0 Å². The average molecular weight is 249 g/mol. The second-order valence-electron chi connectivity index (χ2n) is 5.04. The number of likely N-dealkylation sites (N-methyl/N-ethyl adjacent to an activating group) is 1. The highest BCUT2D eigenvalue weighted by Crippen LogP contribution is 2.23. The predicted molar refractivity (Wildman–Crippen MR) is 72.0 cm³/mol. The lowest BCUT2D eigenvalue weighted by Crippen LogP contribution is -2.55. The molecule has 1 aromatic rings. The number of nitro benzene ring substituents is 1. The first-order valence-electron chi connectivity index (χ1n) is 6.20. The van der Waals surface area contributed by atoms with Gasteiger partial charge in [-0.1, -0.05) is 0 Å². The van der Waals surface area contributed by atoms with E-state index in [0.717, 1.165) is 18.8 Å². The first-order chi connectivity index (χ1) is 8.49. The van der Waals surface area contributed by atoms with Crippen LogP contribution in [-0.2, 0) is 0 Å². The van der Waals surface area contributed by atoms with Crippen LogP contribution in [0.25, 0.3) is 0 Å². The molecular weight excluding hydrogens is 230 g/mol. The lowest BCUT2D eigenvalue weighted by Gasteiger charge is -2.43. The number of nitro groups is 1. The predicted octanol–water partition coefficient (Wildman–Crippen LogP) is 2.12. The van der Waals surface area contributed by atoms with Crippen molar-refractivity contribution in [3.05, 3.63) is 34.4 Å². The highest BCUT2D eigenvalue weighted by atomic mass is 16.6. The molecule has 0 N–H and O–H groups in total. The third-order valence-electron chi connectivity index (χ3n) is 3.79. The molecule has 0 aromatic heterocycles. The summed E-state index contributed by atoms with van der Waals surface area (Å²) in [5, 5.41) is 10.6. The molecule has 1 aliphatic heterocycles. The number of non-ortho nitro benzene ring substituents is 1. The maximum absolute atomic E-state index is 10.6. The number of benzene rings is 1. The van der Waals surface area contributed by atoms with Crippen LogP contribution < -0.4 is 4.90 Å². The zero-order valence-electron chi connectivity index (χ0n) is 11.0. The summed E-state index contributed by atoms with van der Waals surface area (Å²) < 4.78 is 0. The van der Waals surface area contributed by atoms with E-state index in [2.05, 4.69) is 30.7 Å². The molecule has 0 unspecified atom stereocenters. The van der Waals surface area contributed by atoms with Crippen molar-refractivity contribution in [2.45, 2.75) is 25.9 Å². The van der Waals surface area contributed by atoms with Gasteiger partial charge < -0.3 is 4.90 Å². The van der Waals surface area contributed by atoms with Crippen LogP contribution in [0.3, 0.4) is 0 Å². The molecule has 18 heavy (non-hydrogen) atoms. The van der Waals surface area contributed by atoms with Gasteiger partial charge in [-0.2, -0.15) is 0 Å². The first kappa shape index (κ1) is 12.8. The zero-order valence-corrected chi connectivity index (χ0v) is 11.0. The van der Waals surface area contributed by atoms with Crippen LogP contribution in [0.15, 0.2) is 24.3 Å². The fourth-order valence-electron chi connectivity index (χ4n) is 2.40. The minimum atomic E-state index is -0.362. The largest absolute Gasteiger partial charge is 0.368 e. The van der Waals surface area contributed by atoms with Crippen LogP contribution in [0.4, 0.5) is 11.4 Å². The molecule has 2 rings (SSSR count). The Morgan fingerprint density at radius 1 is 1.17 bits per heavy atom. The van der Waals surface area contributed by atoms with Gasteiger partial charge in [0.1, 0.15) is 0 Å². The Morgan fingerprint density at radius 3 is 2.11 bits per heavy atom. The smallest absolute Gasteiger partial charge is 0.269 e. The van der Waals surface area contributed by atoms with Crippen LogP contribution in [0.1, 0.15) is 13.8 Å². The molecule has 98 valence electrons. The summed E-state index contributed by atoms with van der Waals surface area (Å²) in [5.41, 5.74) is 1.21. The molecule has 0 spiro atoms. The van der Waals surface area contributed by atoms with Crippen LogP contribution in [0.5, 0.6) is 0 Å². The Balaban J connectivity index is 2.14. The Bertz CT molecular complexity index is 420. The summed E-state index contributed by atoms with van der Waals surface area (Å²) in [5.74, 6) is 0. The summed E-state index contributed by atoms with van der Waals surface area (Å²) >= 11 is 0. The van der Waals surface area contributed by atoms with Crippen molar-refractivity contribution < 1.29 is 4.92 Å². The van der Waals surface area contributed by atoms with Crippen molar-refractivity contribution in [2.24, 2.45) is 0 Å². The summed E-state index contributed by atoms with van der Waals surface area (Å²) in [6.07, 6.45) is 0. The van der Waals surface area contributed by atoms with Crippen LogP contribution >= 0.6 is 0 Å². The minimum absolute atomic E-state index is 0.147. The summed E-state index contributed by atoms with van der Waals surface area (Å²) in [6, 6.07) is 7.80. The van der Waals surface area contributed by atoms with Crippen molar-refractivity contribution in [2.75, 3.05) is 25.0 Å². The van der Waals surface area contributed by atoms with E-state index >= 15 is 0 Å². The molecule has 0 saturated carbocycles. The Hall–Kier alpha value is -1.62. The highest BCUT2D eigenvalue weighted by Gasteiger charge is 2.26. The molecule has 1 fully saturated rings. The topological polar surface area (TPSA) is 49.6 Å². The van der Waals surface area contributed by atoms with E-state index in [0.29, 0.717) is 12.1 Å². The van der Waals surface area contributed by atoms with Crippen LogP contribution in [0.2, 0.25) is 0 Å². The third kappa shape index (κ3) is 2.46. The molecule has 0 bridgehead atoms. The number of rotatable bonds is 2. The Labute approximate surface area is 107 Å². The molecule has 1 heterocycles. The minimum Gasteiger partial charge on any atom is -0.368 e. The molecule has 1 saturated heterocycles. The van der Waals surface area contributed by atoms with Crippen molar-refractivity contribution in [3.63, 3.8) is 0 Å². The average Bonchev–Trinajstić information content (AvgIpc) is 2.35. The molecule has 5 nitrogen and oxygen atoms in total. The van der Waals surface area contributed by atoms with E-state index in [-0.39, 0.29) is 10.6 Å². The summed E-state index contributed by atoms with van der Waals surface area (Å²) in [4.78, 5) is 14.9. The van der Waals surface area contributed by atoms with Crippen LogP contribution in [0, 0.1) is 10.1 Å². The number of hydrogen-bond donors (Lipinski definition) is 0. The van der Waals surface area contributed by atoms with E-state index in [1.807, 2.05) is 12.1 Å². The highest BCUT2D eigenvalue weighted by molar-refractivity contribution is 5.51. The first-order valence-corrected chi connectivity index (χ1v) is 6.20. The second-order valence-corrected chi connectivity index (χ2v) is 5.04. The molecule has 0 aliphatic carbocycles. The Morgan fingerprint density at radius 2 is 1.67 bits per heavy atom. The molecule has 2 atom stereocenters. The number of piperazine rings is 1. The SMILES string of the molecule is C[C@H]1CN(c2ccc([N+](=O)[O-])cc2)C[C@H](C)N1C. The fraction of sp³-hybridized carbons (Fsp3) is 0.538. The van der Waals surface area contributed by atoms with Gasteiger partial charge in [-0.05, 0) is 33.0 Å². The molecular formula is C13H19N3O2. The molecule has 1 aromatic carbocycles. The van der Waals surface area contributed by atoms with E-state index in [1.54, 1.807) is 12.1 Å². The lowest BCUT2D eigenvalue weighted by atomic mass is 10.1. The Kier molecular flexibility index (Phi) is 3.52. The summed E-state index contributed by atoms with van der Waals surface area (Å²) in [6.45, 7) is 6.32.